The van der Waals surface area contributed by atoms with E-state index in [1.54, 1.807) is 12.1 Å². The van der Waals surface area contributed by atoms with Crippen LogP contribution in [0, 0.1) is 0 Å². The zero-order valence-corrected chi connectivity index (χ0v) is 22.6. The van der Waals surface area contributed by atoms with Crippen LogP contribution in [-0.2, 0) is 26.1 Å². The highest BCUT2D eigenvalue weighted by Gasteiger charge is 2.26. The minimum atomic E-state index is -3.59. The Labute approximate surface area is 229 Å². The molecular weight excluding hydrogens is 536 g/mol. The van der Waals surface area contributed by atoms with Gasteiger partial charge in [-0.05, 0) is 42.0 Å². The Morgan fingerprint density at radius 2 is 1.59 bits per heavy atom. The summed E-state index contributed by atoms with van der Waals surface area (Å²) in [7, 11) is -3.59. The molecular formula is C27H26N6O4S2. The molecule has 10 nitrogen and oxygen atoms in total. The van der Waals surface area contributed by atoms with Crippen LogP contribution < -0.4 is 5.32 Å². The Morgan fingerprint density at radius 3 is 2.33 bits per heavy atom. The first kappa shape index (κ1) is 25.6. The van der Waals surface area contributed by atoms with E-state index in [0.29, 0.717) is 49.5 Å². The van der Waals surface area contributed by atoms with Gasteiger partial charge in [-0.2, -0.15) is 4.31 Å². The van der Waals surface area contributed by atoms with Gasteiger partial charge in [-0.15, -0.1) is 10.2 Å². The van der Waals surface area contributed by atoms with Gasteiger partial charge in [0.2, 0.25) is 21.7 Å². The molecule has 0 bridgehead atoms. The van der Waals surface area contributed by atoms with Gasteiger partial charge < -0.3 is 14.6 Å². The number of hydrogen-bond donors (Lipinski definition) is 1. The fraction of sp³-hybridized carbons (Fsp3) is 0.222. The van der Waals surface area contributed by atoms with E-state index in [-0.39, 0.29) is 16.6 Å². The van der Waals surface area contributed by atoms with Crippen molar-refractivity contribution in [2.24, 2.45) is 0 Å². The number of fused-ring (bicyclic) bond motifs is 3. The van der Waals surface area contributed by atoms with Crippen LogP contribution in [0.4, 0.5) is 5.69 Å². The van der Waals surface area contributed by atoms with E-state index in [0.717, 1.165) is 16.6 Å². The van der Waals surface area contributed by atoms with Crippen molar-refractivity contribution in [1.29, 1.82) is 0 Å². The Balaban J connectivity index is 1.16. The highest BCUT2D eigenvalue weighted by atomic mass is 32.2. The fourth-order valence-electron chi connectivity index (χ4n) is 4.63. The van der Waals surface area contributed by atoms with Gasteiger partial charge in [0.1, 0.15) is 0 Å². The standard InChI is InChI=1S/C27H26N6O4S2/c34-25(28-21-10-12-22(13-11-21)39(35,36)31-14-16-37-17-15-31)19-38-27-30-29-26-32(18-20-6-2-1-3-7-20)23-8-4-5-9-24(23)33(26)27/h1-13H,14-19H2,(H,28,34). The van der Waals surface area contributed by atoms with Crippen molar-refractivity contribution < 1.29 is 17.9 Å². The average molecular weight is 563 g/mol. The van der Waals surface area contributed by atoms with Crippen LogP contribution in [0.3, 0.4) is 0 Å². The van der Waals surface area contributed by atoms with E-state index in [4.69, 9.17) is 4.74 Å². The Hall–Kier alpha value is -3.71. The number of nitrogens with one attached hydrogen (secondary N) is 1. The molecule has 3 heterocycles. The number of rotatable bonds is 8. The third-order valence-electron chi connectivity index (χ3n) is 6.53. The number of sulfonamides is 1. The summed E-state index contributed by atoms with van der Waals surface area (Å²) in [4.78, 5) is 12.9. The predicted molar refractivity (Wildman–Crippen MR) is 149 cm³/mol. The molecule has 200 valence electrons. The first-order chi connectivity index (χ1) is 19.0. The smallest absolute Gasteiger partial charge is 0.243 e. The number of hydrogen-bond acceptors (Lipinski definition) is 7. The van der Waals surface area contributed by atoms with Gasteiger partial charge in [0.25, 0.3) is 0 Å². The number of carbonyl (C=O) groups excluding carboxylic acids is 1. The molecule has 6 rings (SSSR count). The number of ether oxygens (including phenoxy) is 1. The fourth-order valence-corrected chi connectivity index (χ4v) is 6.77. The van der Waals surface area contributed by atoms with Crippen LogP contribution in [0.25, 0.3) is 16.8 Å². The molecule has 1 saturated heterocycles. The molecule has 0 saturated carbocycles. The second-order valence-electron chi connectivity index (χ2n) is 9.06. The molecule has 12 heteroatoms. The van der Waals surface area contributed by atoms with E-state index < -0.39 is 10.0 Å². The maximum absolute atomic E-state index is 12.8. The number of anilines is 1. The van der Waals surface area contributed by atoms with Gasteiger partial charge in [0.15, 0.2) is 5.16 Å². The SMILES string of the molecule is O=C(CSc1nnc2n(Cc3ccccc3)c3ccccc3n12)Nc1ccc(S(=O)(=O)N2CCOCC2)cc1. The monoisotopic (exact) mass is 562 g/mol. The first-order valence-electron chi connectivity index (χ1n) is 12.5. The number of benzene rings is 3. The number of aromatic nitrogens is 4. The lowest BCUT2D eigenvalue weighted by Gasteiger charge is -2.26. The Bertz CT molecular complexity index is 1730. The van der Waals surface area contributed by atoms with E-state index in [1.165, 1.54) is 28.2 Å². The summed E-state index contributed by atoms with van der Waals surface area (Å²) in [6.07, 6.45) is 0. The van der Waals surface area contributed by atoms with Crippen LogP contribution in [-0.4, -0.2) is 69.9 Å². The van der Waals surface area contributed by atoms with Crippen LogP contribution >= 0.6 is 11.8 Å². The second-order valence-corrected chi connectivity index (χ2v) is 11.9. The van der Waals surface area contributed by atoms with Gasteiger partial charge in [-0.3, -0.25) is 9.20 Å². The minimum absolute atomic E-state index is 0.118. The third-order valence-corrected chi connectivity index (χ3v) is 9.37. The molecule has 1 N–H and O–H groups in total. The summed E-state index contributed by atoms with van der Waals surface area (Å²) in [5.41, 5.74) is 3.67. The van der Waals surface area contributed by atoms with E-state index in [1.807, 2.05) is 40.8 Å². The van der Waals surface area contributed by atoms with E-state index in [2.05, 4.69) is 38.3 Å². The van der Waals surface area contributed by atoms with Crippen molar-refractivity contribution in [2.45, 2.75) is 16.6 Å². The molecule has 2 aromatic heterocycles. The number of imidazole rings is 1. The Morgan fingerprint density at radius 1 is 0.897 bits per heavy atom. The van der Waals surface area contributed by atoms with E-state index >= 15 is 0 Å². The predicted octanol–water partition coefficient (Wildman–Crippen LogP) is 3.48. The number of amides is 1. The lowest BCUT2D eigenvalue weighted by Crippen LogP contribution is -2.40. The molecule has 1 aliphatic heterocycles. The molecule has 0 spiro atoms. The Kier molecular flexibility index (Phi) is 7.09. The minimum Gasteiger partial charge on any atom is -0.379 e. The van der Waals surface area contributed by atoms with Crippen LogP contribution in [0.5, 0.6) is 0 Å². The van der Waals surface area contributed by atoms with Crippen LogP contribution in [0.2, 0.25) is 0 Å². The van der Waals surface area contributed by atoms with Gasteiger partial charge in [0.05, 0.1) is 41.4 Å². The van der Waals surface area contributed by atoms with Gasteiger partial charge in [-0.1, -0.05) is 54.2 Å². The molecule has 1 fully saturated rings. The van der Waals surface area contributed by atoms with Crippen molar-refractivity contribution in [1.82, 2.24) is 23.5 Å². The number of thioether (sulfide) groups is 1. The summed E-state index contributed by atoms with van der Waals surface area (Å²) in [6.45, 7) is 2.09. The van der Waals surface area contributed by atoms with Crippen LogP contribution in [0.1, 0.15) is 5.56 Å². The molecule has 0 atom stereocenters. The first-order valence-corrected chi connectivity index (χ1v) is 14.9. The van der Waals surface area contributed by atoms with Crippen molar-refractivity contribution in [3.8, 4) is 0 Å². The van der Waals surface area contributed by atoms with Crippen molar-refractivity contribution in [3.63, 3.8) is 0 Å². The van der Waals surface area contributed by atoms with Gasteiger partial charge >= 0.3 is 0 Å². The lowest BCUT2D eigenvalue weighted by atomic mass is 10.2. The normalized spacial score (nSPS) is 14.7. The summed E-state index contributed by atoms with van der Waals surface area (Å²) in [6, 6.07) is 24.4. The van der Waals surface area contributed by atoms with Crippen LogP contribution in [0.15, 0.2) is 88.9 Å². The van der Waals surface area contributed by atoms with Crippen molar-refractivity contribution in [3.05, 3.63) is 84.4 Å². The second kappa shape index (κ2) is 10.8. The molecule has 3 aromatic carbocycles. The lowest BCUT2D eigenvalue weighted by molar-refractivity contribution is -0.113. The number of carbonyl (C=O) groups is 1. The van der Waals surface area contributed by atoms with Crippen molar-refractivity contribution in [2.75, 3.05) is 37.4 Å². The molecule has 0 unspecified atom stereocenters. The van der Waals surface area contributed by atoms with E-state index in [9.17, 15) is 13.2 Å². The molecule has 39 heavy (non-hydrogen) atoms. The molecule has 5 aromatic rings. The number of para-hydroxylation sites is 2. The molecule has 0 aliphatic carbocycles. The summed E-state index contributed by atoms with van der Waals surface area (Å²) < 4.78 is 36.4. The summed E-state index contributed by atoms with van der Waals surface area (Å²) >= 11 is 1.29. The molecule has 0 radical (unpaired) electrons. The molecule has 1 aliphatic rings. The van der Waals surface area contributed by atoms with Gasteiger partial charge in [-0.25, -0.2) is 8.42 Å². The number of nitrogens with zero attached hydrogens (tertiary/aromatic N) is 5. The average Bonchev–Trinajstić information content (AvgIpc) is 3.52. The molecule has 1 amide bonds. The maximum Gasteiger partial charge on any atom is 0.243 e. The maximum atomic E-state index is 12.8. The summed E-state index contributed by atoms with van der Waals surface area (Å²) in [5, 5.41) is 12.3. The quantitative estimate of drug-likeness (QED) is 0.288. The van der Waals surface area contributed by atoms with Gasteiger partial charge in [0, 0.05) is 18.8 Å². The summed E-state index contributed by atoms with van der Waals surface area (Å²) in [5.74, 6) is 0.598. The topological polar surface area (TPSA) is 111 Å². The third kappa shape index (κ3) is 5.15. The zero-order valence-electron chi connectivity index (χ0n) is 20.9. The highest BCUT2D eigenvalue weighted by Crippen LogP contribution is 2.27. The highest BCUT2D eigenvalue weighted by molar-refractivity contribution is 7.99. The zero-order chi connectivity index (χ0) is 26.8. The van der Waals surface area contributed by atoms with Crippen molar-refractivity contribution >= 4 is 50.2 Å². The number of morpholine rings is 1. The largest absolute Gasteiger partial charge is 0.379 e.